The van der Waals surface area contributed by atoms with Crippen molar-refractivity contribution in [3.8, 4) is 5.75 Å². The molecule has 0 spiro atoms. The first-order valence-corrected chi connectivity index (χ1v) is 6.11. The summed E-state index contributed by atoms with van der Waals surface area (Å²) in [5.41, 5.74) is 1.14. The molecule has 5 heteroatoms. The lowest BCUT2D eigenvalue weighted by molar-refractivity contribution is -0.117. The molecule has 1 heterocycles. The van der Waals surface area contributed by atoms with E-state index in [9.17, 15) is 9.59 Å². The number of ketones is 1. The summed E-state index contributed by atoms with van der Waals surface area (Å²) >= 11 is 0. The molecule has 1 amide bonds. The molecule has 0 atom stereocenters. The summed E-state index contributed by atoms with van der Waals surface area (Å²) in [4.78, 5) is 24.0. The van der Waals surface area contributed by atoms with Gasteiger partial charge in [0.15, 0.2) is 0 Å². The number of aryl methyl sites for hydroxylation is 1. The highest BCUT2D eigenvalue weighted by molar-refractivity contribution is 6.43. The molecule has 0 saturated carbocycles. The van der Waals surface area contributed by atoms with Crippen molar-refractivity contribution < 1.29 is 18.7 Å². The Morgan fingerprint density at radius 1 is 1.30 bits per heavy atom. The number of hydrogen-bond acceptors (Lipinski definition) is 4. The number of Topliss-reactive ketones (excluding diaryl/α,β-unsaturated/α-hetero) is 1. The molecular weight excluding hydrogens is 258 g/mol. The quantitative estimate of drug-likeness (QED) is 0.669. The maximum atomic E-state index is 12.1. The van der Waals surface area contributed by atoms with Crippen LogP contribution in [0.5, 0.6) is 5.75 Å². The molecule has 0 aliphatic heterocycles. The number of hydrogen-bond donors (Lipinski definition) is 1. The third kappa shape index (κ3) is 3.06. The standard InChI is InChI=1S/C15H15NO4/c1-10-5-6-13(19-2)12(8-10)14(17)15(18)16-9-11-4-3-7-20-11/h3-8H,9H2,1-2H3,(H,16,18). The Morgan fingerprint density at radius 2 is 2.10 bits per heavy atom. The van der Waals surface area contributed by atoms with Gasteiger partial charge < -0.3 is 14.5 Å². The molecule has 1 aromatic carbocycles. The van der Waals surface area contributed by atoms with Crippen LogP contribution >= 0.6 is 0 Å². The highest BCUT2D eigenvalue weighted by Crippen LogP contribution is 2.20. The zero-order valence-electron chi connectivity index (χ0n) is 11.3. The van der Waals surface area contributed by atoms with Crippen molar-refractivity contribution in [3.05, 3.63) is 53.5 Å². The molecule has 0 bridgehead atoms. The first kappa shape index (κ1) is 13.9. The van der Waals surface area contributed by atoms with Gasteiger partial charge in [-0.3, -0.25) is 9.59 Å². The molecule has 2 aromatic rings. The predicted octanol–water partition coefficient (Wildman–Crippen LogP) is 2.10. The van der Waals surface area contributed by atoms with Gasteiger partial charge in [-0.15, -0.1) is 0 Å². The summed E-state index contributed by atoms with van der Waals surface area (Å²) in [6, 6.07) is 8.55. The number of furan rings is 1. The Kier molecular flexibility index (Phi) is 4.20. The van der Waals surface area contributed by atoms with E-state index in [4.69, 9.17) is 9.15 Å². The van der Waals surface area contributed by atoms with Gasteiger partial charge in [-0.1, -0.05) is 11.6 Å². The Bertz CT molecular complexity index is 617. The number of carbonyl (C=O) groups excluding carboxylic acids is 2. The molecule has 0 radical (unpaired) electrons. The van der Waals surface area contributed by atoms with Crippen molar-refractivity contribution in [3.63, 3.8) is 0 Å². The van der Waals surface area contributed by atoms with Crippen molar-refractivity contribution in [2.24, 2.45) is 0 Å². The van der Waals surface area contributed by atoms with Crippen molar-refractivity contribution in [1.82, 2.24) is 5.32 Å². The van der Waals surface area contributed by atoms with Crippen LogP contribution in [0.1, 0.15) is 21.7 Å². The minimum absolute atomic E-state index is 0.172. The van der Waals surface area contributed by atoms with E-state index in [1.165, 1.54) is 13.4 Å². The van der Waals surface area contributed by atoms with E-state index in [-0.39, 0.29) is 12.1 Å². The van der Waals surface area contributed by atoms with Crippen LogP contribution in [-0.4, -0.2) is 18.8 Å². The van der Waals surface area contributed by atoms with E-state index < -0.39 is 11.7 Å². The number of amides is 1. The van der Waals surface area contributed by atoms with Gasteiger partial charge >= 0.3 is 0 Å². The summed E-state index contributed by atoms with van der Waals surface area (Å²) in [6.07, 6.45) is 1.51. The molecule has 2 rings (SSSR count). The second kappa shape index (κ2) is 6.06. The lowest BCUT2D eigenvalue weighted by atomic mass is 10.1. The fourth-order valence-electron chi connectivity index (χ4n) is 1.78. The fourth-order valence-corrected chi connectivity index (χ4v) is 1.78. The Hall–Kier alpha value is -2.56. The summed E-state index contributed by atoms with van der Waals surface area (Å²) in [5.74, 6) is -0.349. The first-order valence-electron chi connectivity index (χ1n) is 6.11. The van der Waals surface area contributed by atoms with Gasteiger partial charge in [-0.2, -0.15) is 0 Å². The SMILES string of the molecule is COc1ccc(C)cc1C(=O)C(=O)NCc1ccco1. The highest BCUT2D eigenvalue weighted by atomic mass is 16.5. The Morgan fingerprint density at radius 3 is 2.75 bits per heavy atom. The Balaban J connectivity index is 2.10. The van der Waals surface area contributed by atoms with Crippen LogP contribution in [0.25, 0.3) is 0 Å². The van der Waals surface area contributed by atoms with Crippen LogP contribution in [-0.2, 0) is 11.3 Å². The van der Waals surface area contributed by atoms with Gasteiger partial charge in [0.1, 0.15) is 11.5 Å². The van der Waals surface area contributed by atoms with Crippen LogP contribution in [0.2, 0.25) is 0 Å². The molecular formula is C15H15NO4. The summed E-state index contributed by atoms with van der Waals surface area (Å²) in [5, 5.41) is 2.52. The van der Waals surface area contributed by atoms with Crippen LogP contribution in [0.3, 0.4) is 0 Å². The minimum atomic E-state index is -0.690. The van der Waals surface area contributed by atoms with E-state index in [1.54, 1.807) is 24.3 Å². The smallest absolute Gasteiger partial charge is 0.292 e. The predicted molar refractivity (Wildman–Crippen MR) is 72.6 cm³/mol. The van der Waals surface area contributed by atoms with E-state index in [0.717, 1.165) is 5.56 Å². The molecule has 0 aliphatic rings. The third-order valence-corrected chi connectivity index (χ3v) is 2.81. The van der Waals surface area contributed by atoms with E-state index in [2.05, 4.69) is 5.32 Å². The van der Waals surface area contributed by atoms with Crippen molar-refractivity contribution in [1.29, 1.82) is 0 Å². The van der Waals surface area contributed by atoms with Crippen LogP contribution < -0.4 is 10.1 Å². The van der Waals surface area contributed by atoms with Gasteiger partial charge in [-0.05, 0) is 31.2 Å². The van der Waals surface area contributed by atoms with Gasteiger partial charge in [-0.25, -0.2) is 0 Å². The number of rotatable bonds is 5. The second-order valence-electron chi connectivity index (χ2n) is 4.29. The molecule has 0 fully saturated rings. The fraction of sp³-hybridized carbons (Fsp3) is 0.200. The summed E-state index contributed by atoms with van der Waals surface area (Å²) in [7, 11) is 1.46. The van der Waals surface area contributed by atoms with Crippen LogP contribution in [0, 0.1) is 6.92 Å². The van der Waals surface area contributed by atoms with Crippen molar-refractivity contribution in [2.45, 2.75) is 13.5 Å². The second-order valence-corrected chi connectivity index (χ2v) is 4.29. The number of ether oxygens (including phenoxy) is 1. The number of methoxy groups -OCH3 is 1. The molecule has 104 valence electrons. The zero-order valence-corrected chi connectivity index (χ0v) is 11.3. The summed E-state index contributed by atoms with van der Waals surface area (Å²) < 4.78 is 10.2. The first-order chi connectivity index (χ1) is 9.61. The third-order valence-electron chi connectivity index (χ3n) is 2.81. The van der Waals surface area contributed by atoms with Gasteiger partial charge in [0.05, 0.1) is 25.5 Å². The number of carbonyl (C=O) groups is 2. The molecule has 20 heavy (non-hydrogen) atoms. The van der Waals surface area contributed by atoms with Gasteiger partial charge in [0.25, 0.3) is 11.7 Å². The monoisotopic (exact) mass is 273 g/mol. The number of nitrogens with one attached hydrogen (secondary N) is 1. The molecule has 0 saturated heterocycles. The van der Waals surface area contributed by atoms with Crippen LogP contribution in [0.15, 0.2) is 41.0 Å². The van der Waals surface area contributed by atoms with Gasteiger partial charge in [0.2, 0.25) is 0 Å². The number of benzene rings is 1. The van der Waals surface area contributed by atoms with E-state index in [0.29, 0.717) is 11.5 Å². The maximum Gasteiger partial charge on any atom is 0.292 e. The van der Waals surface area contributed by atoms with Crippen molar-refractivity contribution >= 4 is 11.7 Å². The normalized spacial score (nSPS) is 10.1. The largest absolute Gasteiger partial charge is 0.496 e. The zero-order chi connectivity index (χ0) is 14.5. The lowest BCUT2D eigenvalue weighted by Crippen LogP contribution is -2.30. The average Bonchev–Trinajstić information content (AvgIpc) is 2.97. The topological polar surface area (TPSA) is 68.5 Å². The maximum absolute atomic E-state index is 12.1. The van der Waals surface area contributed by atoms with Crippen molar-refractivity contribution in [2.75, 3.05) is 7.11 Å². The van der Waals surface area contributed by atoms with E-state index >= 15 is 0 Å². The lowest BCUT2D eigenvalue weighted by Gasteiger charge is -2.08. The molecule has 1 N–H and O–H groups in total. The average molecular weight is 273 g/mol. The van der Waals surface area contributed by atoms with E-state index in [1.807, 2.05) is 13.0 Å². The molecule has 0 aliphatic carbocycles. The molecule has 1 aromatic heterocycles. The highest BCUT2D eigenvalue weighted by Gasteiger charge is 2.20. The minimum Gasteiger partial charge on any atom is -0.496 e. The van der Waals surface area contributed by atoms with Crippen LogP contribution in [0.4, 0.5) is 0 Å². The molecule has 5 nitrogen and oxygen atoms in total. The Labute approximate surface area is 116 Å². The molecule has 0 unspecified atom stereocenters. The summed E-state index contributed by atoms with van der Waals surface area (Å²) in [6.45, 7) is 2.02. The van der Waals surface area contributed by atoms with Gasteiger partial charge in [0, 0.05) is 0 Å².